The molecule has 2 fully saturated rings. The number of amides is 1. The zero-order valence-corrected chi connectivity index (χ0v) is 15.9. The molecule has 3 rings (SSSR count). The zero-order chi connectivity index (χ0) is 19.4. The van der Waals surface area contributed by atoms with Crippen molar-refractivity contribution in [1.82, 2.24) is 10.2 Å². The lowest BCUT2D eigenvalue weighted by molar-refractivity contribution is -0.128. The minimum absolute atomic E-state index is 0.0288. The van der Waals surface area contributed by atoms with Gasteiger partial charge >= 0.3 is 5.97 Å². The first-order chi connectivity index (χ1) is 13.0. The Labute approximate surface area is 160 Å². The molecular weight excluding hydrogens is 344 g/mol. The minimum Gasteiger partial charge on any atom is -0.478 e. The van der Waals surface area contributed by atoms with Crippen LogP contribution in [0.5, 0.6) is 0 Å². The van der Waals surface area contributed by atoms with Crippen LogP contribution in [0.2, 0.25) is 0 Å². The lowest BCUT2D eigenvalue weighted by atomic mass is 9.82. The Bertz CT molecular complexity index is 655. The van der Waals surface area contributed by atoms with Crippen LogP contribution < -0.4 is 5.32 Å². The predicted octanol–water partition coefficient (Wildman–Crippen LogP) is 2.26. The molecule has 1 unspecified atom stereocenters. The molecule has 148 valence electrons. The number of hydrogen-bond donors (Lipinski definition) is 3. The highest BCUT2D eigenvalue weighted by atomic mass is 16.4. The van der Waals surface area contributed by atoms with Crippen LogP contribution in [0.4, 0.5) is 0 Å². The number of carboxylic acid groups (broad SMARTS) is 1. The first-order valence-electron chi connectivity index (χ1n) is 9.97. The van der Waals surface area contributed by atoms with Gasteiger partial charge in [0.25, 0.3) is 0 Å². The second-order valence-corrected chi connectivity index (χ2v) is 7.96. The number of hydrogen-bond acceptors (Lipinski definition) is 4. The Kier molecular flexibility index (Phi) is 6.50. The molecule has 0 bridgehead atoms. The van der Waals surface area contributed by atoms with Crippen LogP contribution in [-0.4, -0.2) is 52.2 Å². The van der Waals surface area contributed by atoms with E-state index < -0.39 is 5.97 Å². The Morgan fingerprint density at radius 2 is 1.85 bits per heavy atom. The van der Waals surface area contributed by atoms with Gasteiger partial charge in [-0.3, -0.25) is 9.69 Å². The number of nitrogens with one attached hydrogen (secondary N) is 1. The Morgan fingerprint density at radius 1 is 1.19 bits per heavy atom. The second-order valence-electron chi connectivity index (χ2n) is 7.96. The first kappa shape index (κ1) is 19.8. The number of nitrogens with zero attached hydrogens (tertiary/aromatic N) is 1. The number of rotatable bonds is 6. The average molecular weight is 374 g/mol. The molecule has 0 radical (unpaired) electrons. The van der Waals surface area contributed by atoms with Gasteiger partial charge in [0.15, 0.2) is 0 Å². The molecule has 0 aromatic heterocycles. The van der Waals surface area contributed by atoms with Crippen LogP contribution in [0, 0.1) is 11.8 Å². The monoisotopic (exact) mass is 374 g/mol. The number of piperidine rings is 1. The summed E-state index contributed by atoms with van der Waals surface area (Å²) >= 11 is 0. The lowest BCUT2D eigenvalue weighted by Gasteiger charge is -2.41. The van der Waals surface area contributed by atoms with Gasteiger partial charge in [0, 0.05) is 25.6 Å². The molecule has 0 spiro atoms. The maximum absolute atomic E-state index is 12.6. The maximum Gasteiger partial charge on any atom is 0.335 e. The third-order valence-corrected chi connectivity index (χ3v) is 6.25. The van der Waals surface area contributed by atoms with E-state index >= 15 is 0 Å². The Morgan fingerprint density at radius 3 is 2.48 bits per heavy atom. The molecule has 1 aromatic carbocycles. The average Bonchev–Trinajstić information content (AvgIpc) is 3.20. The van der Waals surface area contributed by atoms with Crippen molar-refractivity contribution < 1.29 is 19.8 Å². The highest BCUT2D eigenvalue weighted by Crippen LogP contribution is 2.36. The molecule has 6 heteroatoms. The Hall–Kier alpha value is -1.92. The van der Waals surface area contributed by atoms with Gasteiger partial charge in [-0.05, 0) is 37.0 Å². The number of benzene rings is 1. The van der Waals surface area contributed by atoms with E-state index in [1.165, 1.54) is 25.7 Å². The molecular formula is C21H30N2O4. The van der Waals surface area contributed by atoms with Crippen molar-refractivity contribution in [2.45, 2.75) is 57.7 Å². The molecule has 1 amide bonds. The van der Waals surface area contributed by atoms with Gasteiger partial charge in [0.1, 0.15) is 0 Å². The number of aliphatic hydroxyl groups is 1. The smallest absolute Gasteiger partial charge is 0.335 e. The van der Waals surface area contributed by atoms with E-state index in [-0.39, 0.29) is 29.5 Å². The van der Waals surface area contributed by atoms with Crippen LogP contribution in [0.3, 0.4) is 0 Å². The number of aromatic carboxylic acids is 1. The molecule has 1 heterocycles. The van der Waals surface area contributed by atoms with Gasteiger partial charge in [-0.2, -0.15) is 0 Å². The van der Waals surface area contributed by atoms with Crippen molar-refractivity contribution in [3.63, 3.8) is 0 Å². The molecule has 3 N–H and O–H groups in total. The molecule has 1 aliphatic heterocycles. The number of carbonyl (C=O) groups excluding carboxylic acids is 1. The van der Waals surface area contributed by atoms with Crippen LogP contribution >= 0.6 is 0 Å². The number of carboxylic acids is 1. The summed E-state index contributed by atoms with van der Waals surface area (Å²) in [5.41, 5.74) is 1.11. The van der Waals surface area contributed by atoms with E-state index in [0.29, 0.717) is 12.5 Å². The van der Waals surface area contributed by atoms with Crippen LogP contribution in [0.1, 0.15) is 54.9 Å². The van der Waals surface area contributed by atoms with Crippen molar-refractivity contribution in [2.24, 2.45) is 11.8 Å². The number of aliphatic hydroxyl groups excluding tert-OH is 1. The molecule has 1 aromatic rings. The van der Waals surface area contributed by atoms with Crippen LogP contribution in [0.15, 0.2) is 24.3 Å². The summed E-state index contributed by atoms with van der Waals surface area (Å²) < 4.78 is 0. The minimum atomic E-state index is -0.955. The van der Waals surface area contributed by atoms with Gasteiger partial charge in [0.2, 0.25) is 5.91 Å². The largest absolute Gasteiger partial charge is 0.478 e. The number of carbonyl (C=O) groups is 2. The van der Waals surface area contributed by atoms with E-state index in [1.54, 1.807) is 24.3 Å². The third-order valence-electron chi connectivity index (χ3n) is 6.25. The topological polar surface area (TPSA) is 89.9 Å². The van der Waals surface area contributed by atoms with Crippen molar-refractivity contribution >= 4 is 11.9 Å². The van der Waals surface area contributed by atoms with Gasteiger partial charge < -0.3 is 15.5 Å². The summed E-state index contributed by atoms with van der Waals surface area (Å²) in [6.45, 7) is 3.83. The molecule has 6 nitrogen and oxygen atoms in total. The highest BCUT2D eigenvalue weighted by Gasteiger charge is 2.37. The van der Waals surface area contributed by atoms with Crippen molar-refractivity contribution in [2.75, 3.05) is 13.1 Å². The van der Waals surface area contributed by atoms with Crippen molar-refractivity contribution in [1.29, 1.82) is 0 Å². The fourth-order valence-electron chi connectivity index (χ4n) is 4.46. The quantitative estimate of drug-likeness (QED) is 0.711. The molecule has 1 aliphatic carbocycles. The number of likely N-dealkylation sites (tertiary alicyclic amines) is 1. The van der Waals surface area contributed by atoms with Crippen molar-refractivity contribution in [3.8, 4) is 0 Å². The zero-order valence-electron chi connectivity index (χ0n) is 15.9. The molecule has 3 atom stereocenters. The SMILES string of the molecule is CC(C(=O)NCc1ccc(C(=O)O)cc1)N1CC[C@@H](O)[C@H](C2CCCC2)C1. The van der Waals surface area contributed by atoms with Gasteiger partial charge in [-0.25, -0.2) is 4.79 Å². The molecule has 2 aliphatic rings. The third kappa shape index (κ3) is 4.87. The van der Waals surface area contributed by atoms with E-state index in [2.05, 4.69) is 10.2 Å². The standard InChI is InChI=1S/C21H30N2O4/c1-14(20(25)22-12-15-6-8-17(9-7-15)21(26)27)23-11-10-19(24)18(13-23)16-4-2-3-5-16/h6-9,14,16,18-19,24H,2-5,10-13H2,1H3,(H,22,25)(H,26,27)/t14?,18-,19+/m0/s1. The summed E-state index contributed by atoms with van der Waals surface area (Å²) in [5, 5.41) is 22.3. The van der Waals surface area contributed by atoms with Crippen LogP contribution in [-0.2, 0) is 11.3 Å². The summed E-state index contributed by atoms with van der Waals surface area (Å²) in [7, 11) is 0. The summed E-state index contributed by atoms with van der Waals surface area (Å²) in [6.07, 6.45) is 5.39. The summed E-state index contributed by atoms with van der Waals surface area (Å²) in [6, 6.07) is 6.31. The highest BCUT2D eigenvalue weighted by molar-refractivity contribution is 5.87. The molecule has 1 saturated heterocycles. The van der Waals surface area contributed by atoms with Crippen LogP contribution in [0.25, 0.3) is 0 Å². The lowest BCUT2D eigenvalue weighted by Crippen LogP contribution is -2.53. The van der Waals surface area contributed by atoms with Crippen molar-refractivity contribution in [3.05, 3.63) is 35.4 Å². The van der Waals surface area contributed by atoms with E-state index in [1.807, 2.05) is 6.92 Å². The fraction of sp³-hybridized carbons (Fsp3) is 0.619. The predicted molar refractivity (Wildman–Crippen MR) is 102 cm³/mol. The normalized spacial score (nSPS) is 25.3. The summed E-state index contributed by atoms with van der Waals surface area (Å²) in [5.74, 6) is -0.118. The summed E-state index contributed by atoms with van der Waals surface area (Å²) in [4.78, 5) is 25.7. The van der Waals surface area contributed by atoms with E-state index in [9.17, 15) is 14.7 Å². The second kappa shape index (κ2) is 8.85. The van der Waals surface area contributed by atoms with Gasteiger partial charge in [-0.15, -0.1) is 0 Å². The molecule has 27 heavy (non-hydrogen) atoms. The van der Waals surface area contributed by atoms with E-state index in [0.717, 1.165) is 25.1 Å². The van der Waals surface area contributed by atoms with Gasteiger partial charge in [-0.1, -0.05) is 37.8 Å². The van der Waals surface area contributed by atoms with Gasteiger partial charge in [0.05, 0.1) is 17.7 Å². The van der Waals surface area contributed by atoms with E-state index in [4.69, 9.17) is 5.11 Å². The first-order valence-corrected chi connectivity index (χ1v) is 9.97. The maximum atomic E-state index is 12.6. The molecule has 1 saturated carbocycles. The Balaban J connectivity index is 1.52. The fourth-order valence-corrected chi connectivity index (χ4v) is 4.46.